The Hall–Kier alpha value is -2.45. The quantitative estimate of drug-likeness (QED) is 0.345. The number of hydrogen-bond acceptors (Lipinski definition) is 4. The molecule has 0 unspecified atom stereocenters. The molecule has 0 radical (unpaired) electrons. The lowest BCUT2D eigenvalue weighted by atomic mass is 10.1. The Morgan fingerprint density at radius 1 is 1.08 bits per heavy atom. The Morgan fingerprint density at radius 2 is 1.67 bits per heavy atom. The van der Waals surface area contributed by atoms with Crippen LogP contribution < -0.4 is 0 Å². The van der Waals surface area contributed by atoms with Gasteiger partial charge in [0.25, 0.3) is 0 Å². The van der Waals surface area contributed by atoms with Crippen molar-refractivity contribution in [1.82, 2.24) is 5.16 Å². The number of halogens is 5. The molecule has 0 saturated heterocycles. The standard InChI is InChI=1S/C15H12F5NO3/c1-7-5-8(21-24-7)3-2-4-10(22)23-6-9-11(16)13(18)15(20)14(19)12(9)17/h5H,2-4,6H2,1H3. The average Bonchev–Trinajstić information content (AvgIpc) is 2.96. The molecule has 24 heavy (non-hydrogen) atoms. The number of carbonyl (C=O) groups is 1. The van der Waals surface area contributed by atoms with E-state index in [2.05, 4.69) is 9.89 Å². The fourth-order valence-corrected chi connectivity index (χ4v) is 1.95. The highest BCUT2D eigenvalue weighted by Gasteiger charge is 2.26. The first-order chi connectivity index (χ1) is 11.3. The Kier molecular flexibility index (Phi) is 5.53. The molecule has 0 aliphatic carbocycles. The molecule has 0 spiro atoms. The number of nitrogens with zero attached hydrogens (tertiary/aromatic N) is 1. The van der Waals surface area contributed by atoms with Gasteiger partial charge < -0.3 is 9.26 Å². The molecule has 2 aromatic rings. The predicted octanol–water partition coefficient (Wildman–Crippen LogP) is 3.74. The molecule has 2 rings (SSSR count). The van der Waals surface area contributed by atoms with Gasteiger partial charge in [0.15, 0.2) is 23.3 Å². The van der Waals surface area contributed by atoms with Gasteiger partial charge in [-0.3, -0.25) is 4.79 Å². The van der Waals surface area contributed by atoms with Crippen LogP contribution in [-0.2, 0) is 22.6 Å². The molecule has 1 aromatic carbocycles. The van der Waals surface area contributed by atoms with Crippen molar-refractivity contribution in [3.63, 3.8) is 0 Å². The summed E-state index contributed by atoms with van der Waals surface area (Å²) in [4.78, 5) is 11.5. The van der Waals surface area contributed by atoms with E-state index in [-0.39, 0.29) is 6.42 Å². The molecule has 9 heteroatoms. The number of carbonyl (C=O) groups excluding carboxylic acids is 1. The van der Waals surface area contributed by atoms with E-state index in [0.717, 1.165) is 0 Å². The third kappa shape index (κ3) is 3.90. The lowest BCUT2D eigenvalue weighted by Gasteiger charge is -2.09. The van der Waals surface area contributed by atoms with Crippen molar-refractivity contribution in [2.75, 3.05) is 0 Å². The van der Waals surface area contributed by atoms with Crippen molar-refractivity contribution >= 4 is 5.97 Å². The second-order valence-electron chi connectivity index (χ2n) is 4.99. The number of aromatic nitrogens is 1. The summed E-state index contributed by atoms with van der Waals surface area (Å²) < 4.78 is 75.1. The van der Waals surface area contributed by atoms with E-state index in [0.29, 0.717) is 24.3 Å². The minimum Gasteiger partial charge on any atom is -0.461 e. The van der Waals surface area contributed by atoms with Crippen molar-refractivity contribution in [2.45, 2.75) is 32.8 Å². The van der Waals surface area contributed by atoms with Gasteiger partial charge >= 0.3 is 5.97 Å². The SMILES string of the molecule is Cc1cc(CCCC(=O)OCc2c(F)c(F)c(F)c(F)c2F)no1. The van der Waals surface area contributed by atoms with E-state index in [1.807, 2.05) is 0 Å². The largest absolute Gasteiger partial charge is 0.461 e. The van der Waals surface area contributed by atoms with E-state index < -0.39 is 47.2 Å². The van der Waals surface area contributed by atoms with Gasteiger partial charge in [0.2, 0.25) is 5.82 Å². The van der Waals surface area contributed by atoms with E-state index >= 15 is 0 Å². The van der Waals surface area contributed by atoms with Gasteiger partial charge in [-0.25, -0.2) is 22.0 Å². The summed E-state index contributed by atoms with van der Waals surface area (Å²) in [7, 11) is 0. The third-order valence-corrected chi connectivity index (χ3v) is 3.17. The first-order valence-electron chi connectivity index (χ1n) is 6.89. The number of esters is 1. The maximum Gasteiger partial charge on any atom is 0.306 e. The third-order valence-electron chi connectivity index (χ3n) is 3.17. The highest BCUT2D eigenvalue weighted by Crippen LogP contribution is 2.23. The molecule has 130 valence electrons. The van der Waals surface area contributed by atoms with Gasteiger partial charge in [-0.2, -0.15) is 0 Å². The first kappa shape index (κ1) is 17.9. The molecule has 0 N–H and O–H groups in total. The van der Waals surface area contributed by atoms with Crippen LogP contribution in [0.1, 0.15) is 29.9 Å². The Bertz CT molecular complexity index is 731. The van der Waals surface area contributed by atoms with Gasteiger partial charge in [-0.15, -0.1) is 0 Å². The number of aryl methyl sites for hydroxylation is 2. The lowest BCUT2D eigenvalue weighted by molar-refractivity contribution is -0.145. The molecule has 0 fully saturated rings. The minimum atomic E-state index is -2.26. The van der Waals surface area contributed by atoms with Crippen LogP contribution in [0.15, 0.2) is 10.6 Å². The van der Waals surface area contributed by atoms with Crippen LogP contribution in [0.3, 0.4) is 0 Å². The second-order valence-corrected chi connectivity index (χ2v) is 4.99. The Morgan fingerprint density at radius 3 is 2.21 bits per heavy atom. The van der Waals surface area contributed by atoms with Crippen LogP contribution in [0.25, 0.3) is 0 Å². The fourth-order valence-electron chi connectivity index (χ4n) is 1.95. The average molecular weight is 349 g/mol. The van der Waals surface area contributed by atoms with Crippen LogP contribution in [-0.4, -0.2) is 11.1 Å². The smallest absolute Gasteiger partial charge is 0.306 e. The zero-order valence-corrected chi connectivity index (χ0v) is 12.5. The monoisotopic (exact) mass is 349 g/mol. The van der Waals surface area contributed by atoms with Crippen LogP contribution in [0, 0.1) is 36.0 Å². The summed E-state index contributed by atoms with van der Waals surface area (Å²) in [6, 6.07) is 1.68. The molecule has 1 heterocycles. The lowest BCUT2D eigenvalue weighted by Crippen LogP contribution is -2.11. The minimum absolute atomic E-state index is 0.110. The highest BCUT2D eigenvalue weighted by atomic mass is 19.2. The second kappa shape index (κ2) is 7.41. The van der Waals surface area contributed by atoms with Crippen LogP contribution in [0.5, 0.6) is 0 Å². The van der Waals surface area contributed by atoms with Crippen molar-refractivity contribution in [2.24, 2.45) is 0 Å². The maximum atomic E-state index is 13.4. The molecular weight excluding hydrogens is 337 g/mol. The Balaban J connectivity index is 1.90. The molecule has 4 nitrogen and oxygen atoms in total. The summed E-state index contributed by atoms with van der Waals surface area (Å²) in [6.07, 6.45) is 0.623. The van der Waals surface area contributed by atoms with E-state index in [4.69, 9.17) is 4.52 Å². The van der Waals surface area contributed by atoms with Crippen molar-refractivity contribution in [3.8, 4) is 0 Å². The summed E-state index contributed by atoms with van der Waals surface area (Å²) in [6.45, 7) is 0.655. The van der Waals surface area contributed by atoms with E-state index in [1.165, 1.54) is 0 Å². The maximum absolute atomic E-state index is 13.4. The summed E-state index contributed by atoms with van der Waals surface area (Å²) in [5.74, 6) is -10.7. The summed E-state index contributed by atoms with van der Waals surface area (Å²) in [5, 5.41) is 3.71. The zero-order valence-electron chi connectivity index (χ0n) is 12.5. The number of ether oxygens (including phenoxy) is 1. The zero-order chi connectivity index (χ0) is 17.9. The molecule has 0 amide bonds. The fraction of sp³-hybridized carbons (Fsp3) is 0.333. The van der Waals surface area contributed by atoms with Crippen molar-refractivity contribution < 1.29 is 36.0 Å². The van der Waals surface area contributed by atoms with Crippen LogP contribution in [0.4, 0.5) is 22.0 Å². The summed E-state index contributed by atoms with van der Waals surface area (Å²) >= 11 is 0. The van der Waals surface area contributed by atoms with Gasteiger partial charge in [-0.05, 0) is 19.8 Å². The highest BCUT2D eigenvalue weighted by molar-refractivity contribution is 5.69. The molecule has 0 aliphatic rings. The van der Waals surface area contributed by atoms with Gasteiger partial charge in [-0.1, -0.05) is 5.16 Å². The molecule has 0 atom stereocenters. The van der Waals surface area contributed by atoms with Crippen molar-refractivity contribution in [3.05, 3.63) is 52.2 Å². The normalized spacial score (nSPS) is 10.9. The van der Waals surface area contributed by atoms with Gasteiger partial charge in [0.1, 0.15) is 12.4 Å². The van der Waals surface area contributed by atoms with Gasteiger partial charge in [0, 0.05) is 12.5 Å². The number of rotatable bonds is 6. The number of benzene rings is 1. The van der Waals surface area contributed by atoms with Gasteiger partial charge in [0.05, 0.1) is 11.3 Å². The molecular formula is C15H12F5NO3. The predicted molar refractivity (Wildman–Crippen MR) is 70.2 cm³/mol. The molecule has 0 aliphatic heterocycles. The van der Waals surface area contributed by atoms with Crippen LogP contribution >= 0.6 is 0 Å². The molecule has 0 bridgehead atoms. The van der Waals surface area contributed by atoms with Crippen molar-refractivity contribution in [1.29, 1.82) is 0 Å². The van der Waals surface area contributed by atoms with Crippen LogP contribution in [0.2, 0.25) is 0 Å². The molecule has 0 saturated carbocycles. The van der Waals surface area contributed by atoms with E-state index in [1.54, 1.807) is 13.0 Å². The first-order valence-corrected chi connectivity index (χ1v) is 6.89. The van der Waals surface area contributed by atoms with E-state index in [9.17, 15) is 26.7 Å². The molecule has 1 aromatic heterocycles. The topological polar surface area (TPSA) is 52.3 Å². The summed E-state index contributed by atoms with van der Waals surface area (Å²) in [5.41, 5.74) is -0.563. The number of hydrogen-bond donors (Lipinski definition) is 0. The Labute approximate surface area is 133 Å².